The van der Waals surface area contributed by atoms with Gasteiger partial charge in [-0.05, 0) is 25.2 Å². The molecule has 2 N–H and O–H groups in total. The average molecular weight is 277 g/mol. The van der Waals surface area contributed by atoms with E-state index in [1.165, 1.54) is 12.1 Å². The van der Waals surface area contributed by atoms with Gasteiger partial charge in [-0.3, -0.25) is 0 Å². The van der Waals surface area contributed by atoms with Crippen molar-refractivity contribution < 1.29 is 19.5 Å². The van der Waals surface area contributed by atoms with Gasteiger partial charge in [0.2, 0.25) is 5.82 Å². The molecule has 1 unspecified atom stereocenters. The highest BCUT2D eigenvalue weighted by Crippen LogP contribution is 2.30. The molecule has 106 valence electrons. The number of phenols is 2. The van der Waals surface area contributed by atoms with Gasteiger partial charge in [0.05, 0.1) is 6.61 Å². The Morgan fingerprint density at radius 2 is 2.15 bits per heavy atom. The van der Waals surface area contributed by atoms with Gasteiger partial charge in [-0.2, -0.15) is 4.98 Å². The van der Waals surface area contributed by atoms with Gasteiger partial charge in [-0.25, -0.2) is 0 Å². The number of morpholine rings is 1. The normalized spacial score (nSPS) is 20.1. The Bertz CT molecular complexity index is 613. The average Bonchev–Trinajstić information content (AvgIpc) is 2.92. The summed E-state index contributed by atoms with van der Waals surface area (Å²) in [5.41, 5.74) is 0.545. The molecule has 1 aromatic heterocycles. The van der Waals surface area contributed by atoms with Crippen LogP contribution in [0.25, 0.3) is 11.5 Å². The summed E-state index contributed by atoms with van der Waals surface area (Å²) in [5, 5.41) is 22.7. The van der Waals surface area contributed by atoms with Crippen molar-refractivity contribution in [3.63, 3.8) is 0 Å². The quantitative estimate of drug-likeness (QED) is 0.795. The second-order valence-corrected chi connectivity index (χ2v) is 4.78. The fraction of sp³-hybridized carbons (Fsp3) is 0.385. The van der Waals surface area contributed by atoms with Crippen LogP contribution in [-0.2, 0) is 4.74 Å². The smallest absolute Gasteiger partial charge is 0.258 e. The third-order valence-electron chi connectivity index (χ3n) is 3.22. The molecule has 3 rings (SSSR count). The number of rotatable bonds is 2. The summed E-state index contributed by atoms with van der Waals surface area (Å²) in [6.07, 6.45) is -0.211. The van der Waals surface area contributed by atoms with Crippen LogP contribution in [-0.4, -0.2) is 52.0 Å². The number of phenolic OH excluding ortho intramolecular Hbond substituents is 2. The van der Waals surface area contributed by atoms with Crippen LogP contribution in [0.3, 0.4) is 0 Å². The predicted octanol–water partition coefficient (Wildman–Crippen LogP) is 1.15. The Hall–Kier alpha value is -2.12. The number of aromatic nitrogens is 2. The monoisotopic (exact) mass is 277 g/mol. The highest BCUT2D eigenvalue weighted by molar-refractivity contribution is 5.58. The summed E-state index contributed by atoms with van der Waals surface area (Å²) in [6.45, 7) is 2.22. The molecule has 1 fully saturated rings. The standard InChI is InChI=1S/C13H15N3O4/c1-16-4-5-19-11(7-16)12-14-13(20-15-12)8-2-3-9(17)10(18)6-8/h2-3,6,11,17-18H,4-5,7H2,1H3. The highest BCUT2D eigenvalue weighted by atomic mass is 16.5. The Kier molecular flexibility index (Phi) is 3.29. The van der Waals surface area contributed by atoms with E-state index in [-0.39, 0.29) is 23.5 Å². The van der Waals surface area contributed by atoms with Crippen molar-refractivity contribution in [3.05, 3.63) is 24.0 Å². The lowest BCUT2D eigenvalue weighted by atomic mass is 10.2. The van der Waals surface area contributed by atoms with E-state index in [2.05, 4.69) is 15.0 Å². The maximum Gasteiger partial charge on any atom is 0.258 e. The van der Waals surface area contributed by atoms with Crippen LogP contribution < -0.4 is 0 Å². The van der Waals surface area contributed by atoms with Crippen molar-refractivity contribution in [2.75, 3.05) is 26.7 Å². The first kappa shape index (κ1) is 12.9. The SMILES string of the molecule is CN1CCOC(c2noc(-c3ccc(O)c(O)c3)n2)C1. The van der Waals surface area contributed by atoms with E-state index in [0.29, 0.717) is 24.5 Å². The van der Waals surface area contributed by atoms with Crippen LogP contribution >= 0.6 is 0 Å². The minimum Gasteiger partial charge on any atom is -0.504 e. The van der Waals surface area contributed by atoms with Gasteiger partial charge in [0.15, 0.2) is 11.5 Å². The van der Waals surface area contributed by atoms with Crippen molar-refractivity contribution in [3.8, 4) is 23.0 Å². The molecule has 1 atom stereocenters. The second-order valence-electron chi connectivity index (χ2n) is 4.78. The van der Waals surface area contributed by atoms with Gasteiger partial charge in [0, 0.05) is 18.7 Å². The fourth-order valence-corrected chi connectivity index (χ4v) is 2.07. The Balaban J connectivity index is 1.84. The Morgan fingerprint density at radius 1 is 1.30 bits per heavy atom. The van der Waals surface area contributed by atoms with Gasteiger partial charge < -0.3 is 24.4 Å². The van der Waals surface area contributed by atoms with Crippen molar-refractivity contribution in [1.82, 2.24) is 15.0 Å². The molecule has 1 aromatic carbocycles. The van der Waals surface area contributed by atoms with Crippen molar-refractivity contribution in [2.45, 2.75) is 6.10 Å². The van der Waals surface area contributed by atoms with Crippen molar-refractivity contribution in [1.29, 1.82) is 0 Å². The first-order valence-electron chi connectivity index (χ1n) is 6.29. The van der Waals surface area contributed by atoms with Crippen LogP contribution in [0.1, 0.15) is 11.9 Å². The van der Waals surface area contributed by atoms with E-state index in [4.69, 9.17) is 9.26 Å². The van der Waals surface area contributed by atoms with Crippen LogP contribution in [0.15, 0.2) is 22.7 Å². The number of likely N-dealkylation sites (N-methyl/N-ethyl adjacent to an activating group) is 1. The molecule has 7 heteroatoms. The topological polar surface area (TPSA) is 91.9 Å². The zero-order chi connectivity index (χ0) is 14.1. The molecule has 2 heterocycles. The van der Waals surface area contributed by atoms with E-state index in [1.54, 1.807) is 6.07 Å². The van der Waals surface area contributed by atoms with E-state index in [9.17, 15) is 10.2 Å². The van der Waals surface area contributed by atoms with E-state index >= 15 is 0 Å². The molecule has 0 saturated carbocycles. The molecule has 0 aliphatic carbocycles. The molecule has 0 amide bonds. The number of hydrogen-bond acceptors (Lipinski definition) is 7. The summed E-state index contributed by atoms with van der Waals surface area (Å²) < 4.78 is 10.8. The zero-order valence-corrected chi connectivity index (χ0v) is 11.0. The minimum atomic E-state index is -0.226. The van der Waals surface area contributed by atoms with Crippen molar-refractivity contribution >= 4 is 0 Å². The Labute approximate surface area is 115 Å². The van der Waals surface area contributed by atoms with Gasteiger partial charge >= 0.3 is 0 Å². The molecule has 20 heavy (non-hydrogen) atoms. The summed E-state index contributed by atoms with van der Waals surface area (Å²) in [7, 11) is 2.01. The maximum absolute atomic E-state index is 9.48. The van der Waals surface area contributed by atoms with Crippen LogP contribution in [0.2, 0.25) is 0 Å². The van der Waals surface area contributed by atoms with Gasteiger partial charge in [-0.15, -0.1) is 0 Å². The number of benzene rings is 1. The molecular weight excluding hydrogens is 262 g/mol. The lowest BCUT2D eigenvalue weighted by Gasteiger charge is -2.27. The summed E-state index contributed by atoms with van der Waals surface area (Å²) >= 11 is 0. The molecule has 2 aromatic rings. The van der Waals surface area contributed by atoms with Gasteiger partial charge in [0.1, 0.15) is 6.10 Å². The first-order valence-corrected chi connectivity index (χ1v) is 6.29. The third kappa shape index (κ3) is 2.45. The maximum atomic E-state index is 9.48. The summed E-state index contributed by atoms with van der Waals surface area (Å²) in [6, 6.07) is 4.35. The molecule has 1 aliphatic heterocycles. The van der Waals surface area contributed by atoms with E-state index < -0.39 is 0 Å². The number of ether oxygens (including phenoxy) is 1. The molecule has 0 bridgehead atoms. The lowest BCUT2D eigenvalue weighted by Crippen LogP contribution is -2.35. The zero-order valence-electron chi connectivity index (χ0n) is 11.0. The molecule has 0 spiro atoms. The third-order valence-corrected chi connectivity index (χ3v) is 3.22. The highest BCUT2D eigenvalue weighted by Gasteiger charge is 2.24. The second kappa shape index (κ2) is 5.10. The fourth-order valence-electron chi connectivity index (χ4n) is 2.07. The van der Waals surface area contributed by atoms with Gasteiger partial charge in [0.25, 0.3) is 5.89 Å². The van der Waals surface area contributed by atoms with Crippen LogP contribution in [0, 0.1) is 0 Å². The van der Waals surface area contributed by atoms with E-state index in [1.807, 2.05) is 7.05 Å². The van der Waals surface area contributed by atoms with E-state index in [0.717, 1.165) is 6.54 Å². The molecule has 7 nitrogen and oxygen atoms in total. The summed E-state index contributed by atoms with van der Waals surface area (Å²) in [4.78, 5) is 6.42. The molecule has 1 saturated heterocycles. The Morgan fingerprint density at radius 3 is 2.90 bits per heavy atom. The van der Waals surface area contributed by atoms with Crippen LogP contribution in [0.4, 0.5) is 0 Å². The largest absolute Gasteiger partial charge is 0.504 e. The number of hydrogen-bond donors (Lipinski definition) is 2. The summed E-state index contributed by atoms with van der Waals surface area (Å²) in [5.74, 6) is 0.355. The lowest BCUT2D eigenvalue weighted by molar-refractivity contribution is -0.0264. The molecule has 0 radical (unpaired) electrons. The molecular formula is C13H15N3O4. The first-order chi connectivity index (χ1) is 9.63. The number of nitrogens with zero attached hydrogens (tertiary/aromatic N) is 3. The van der Waals surface area contributed by atoms with Crippen LogP contribution in [0.5, 0.6) is 11.5 Å². The molecule has 1 aliphatic rings. The van der Waals surface area contributed by atoms with Crippen molar-refractivity contribution in [2.24, 2.45) is 0 Å². The predicted molar refractivity (Wildman–Crippen MR) is 69.3 cm³/mol. The minimum absolute atomic E-state index is 0.189. The number of aromatic hydroxyl groups is 2. The van der Waals surface area contributed by atoms with Gasteiger partial charge in [-0.1, -0.05) is 5.16 Å².